The number of aromatic nitrogens is 2. The average molecular weight is 435 g/mol. The summed E-state index contributed by atoms with van der Waals surface area (Å²) < 4.78 is 12.0. The van der Waals surface area contributed by atoms with Crippen molar-refractivity contribution >= 4 is 50.7 Å². The molecule has 0 bridgehead atoms. The maximum absolute atomic E-state index is 6.05. The normalized spacial score (nSPS) is 10.8. The molecule has 2 aromatic carbocycles. The zero-order chi connectivity index (χ0) is 16.4. The van der Waals surface area contributed by atoms with Crippen LogP contribution in [0.25, 0.3) is 11.5 Å². The molecular weight excluding hydrogens is 426 g/mol. The summed E-state index contributed by atoms with van der Waals surface area (Å²) in [5.41, 5.74) is 0.804. The number of hydrogen-bond donors (Lipinski definition) is 0. The molecule has 1 heterocycles. The number of ether oxygens (including phenoxy) is 1. The van der Waals surface area contributed by atoms with Gasteiger partial charge < -0.3 is 9.15 Å². The number of nitrogens with zero attached hydrogens (tertiary/aromatic N) is 2. The van der Waals surface area contributed by atoms with Crippen LogP contribution in [0, 0.1) is 0 Å². The lowest BCUT2D eigenvalue weighted by atomic mass is 10.2. The molecule has 0 N–H and O–H groups in total. The summed E-state index contributed by atoms with van der Waals surface area (Å²) in [5, 5.41) is 9.02. The topological polar surface area (TPSA) is 48.2 Å². The van der Waals surface area contributed by atoms with Crippen molar-refractivity contribution in [2.24, 2.45) is 0 Å². The third-order valence-corrected chi connectivity index (χ3v) is 4.61. The molecule has 0 saturated heterocycles. The number of benzene rings is 2. The van der Waals surface area contributed by atoms with Crippen LogP contribution in [0.3, 0.4) is 0 Å². The van der Waals surface area contributed by atoms with Crippen LogP contribution in [0.1, 0.15) is 5.89 Å². The minimum Gasteiger partial charge on any atom is -0.482 e. The van der Waals surface area contributed by atoms with Crippen LogP contribution in [-0.2, 0) is 6.61 Å². The van der Waals surface area contributed by atoms with Crippen LogP contribution in [0.15, 0.2) is 45.3 Å². The Morgan fingerprint density at radius 1 is 1.00 bits per heavy atom. The van der Waals surface area contributed by atoms with E-state index in [-0.39, 0.29) is 6.61 Å². The van der Waals surface area contributed by atoms with Crippen LogP contribution in [0.2, 0.25) is 15.1 Å². The van der Waals surface area contributed by atoms with Gasteiger partial charge in [0.15, 0.2) is 6.61 Å². The van der Waals surface area contributed by atoms with E-state index in [2.05, 4.69) is 26.1 Å². The van der Waals surface area contributed by atoms with Gasteiger partial charge in [0, 0.05) is 10.5 Å². The van der Waals surface area contributed by atoms with Gasteiger partial charge in [-0.3, -0.25) is 0 Å². The van der Waals surface area contributed by atoms with Gasteiger partial charge in [0.25, 0.3) is 5.89 Å². The first-order valence-corrected chi connectivity index (χ1v) is 8.32. The van der Waals surface area contributed by atoms with Crippen molar-refractivity contribution in [1.82, 2.24) is 10.2 Å². The van der Waals surface area contributed by atoms with Crippen molar-refractivity contribution in [2.45, 2.75) is 6.61 Å². The van der Waals surface area contributed by atoms with Crippen LogP contribution in [0.4, 0.5) is 0 Å². The molecule has 0 amide bonds. The molecule has 0 saturated carbocycles. The van der Waals surface area contributed by atoms with Gasteiger partial charge >= 0.3 is 0 Å². The summed E-state index contributed by atoms with van der Waals surface area (Å²) in [6.07, 6.45) is 0. The zero-order valence-electron chi connectivity index (χ0n) is 11.4. The Morgan fingerprint density at radius 3 is 2.52 bits per heavy atom. The van der Waals surface area contributed by atoms with Crippen LogP contribution < -0.4 is 4.74 Å². The second-order valence-corrected chi connectivity index (χ2v) is 6.54. The molecule has 3 rings (SSSR count). The second-order valence-electron chi connectivity index (χ2n) is 4.47. The molecule has 0 radical (unpaired) electrons. The number of hydrogen-bond acceptors (Lipinski definition) is 4. The predicted molar refractivity (Wildman–Crippen MR) is 93.2 cm³/mol. The lowest BCUT2D eigenvalue weighted by Gasteiger charge is -2.07. The van der Waals surface area contributed by atoms with Gasteiger partial charge in [-0.25, -0.2) is 0 Å². The third-order valence-electron chi connectivity index (χ3n) is 2.90. The SMILES string of the molecule is Clc1cc(Cl)c(OCc2nnc(-c3ccccc3Br)o2)cc1Cl. The van der Waals surface area contributed by atoms with Crippen LogP contribution >= 0.6 is 50.7 Å². The van der Waals surface area contributed by atoms with Crippen molar-refractivity contribution < 1.29 is 9.15 Å². The standard InChI is InChI=1S/C15H8BrCl3N2O2/c16-9-4-2-1-3-8(9)15-21-20-14(23-15)7-22-13-6-11(18)10(17)5-12(13)19/h1-6H,7H2. The summed E-state index contributed by atoms with van der Waals surface area (Å²) in [5.74, 6) is 1.11. The first kappa shape index (κ1) is 16.6. The molecule has 0 atom stereocenters. The first-order chi connectivity index (χ1) is 11.0. The molecule has 23 heavy (non-hydrogen) atoms. The Labute approximate surface area is 155 Å². The molecule has 0 aliphatic carbocycles. The summed E-state index contributed by atoms with van der Waals surface area (Å²) in [7, 11) is 0. The fourth-order valence-corrected chi connectivity index (χ4v) is 2.86. The highest BCUT2D eigenvalue weighted by molar-refractivity contribution is 9.10. The van der Waals surface area contributed by atoms with Crippen LogP contribution in [0.5, 0.6) is 5.75 Å². The van der Waals surface area contributed by atoms with E-state index in [1.54, 1.807) is 0 Å². The summed E-state index contributed by atoms with van der Waals surface area (Å²) in [4.78, 5) is 0. The molecule has 0 fully saturated rings. The van der Waals surface area contributed by atoms with E-state index in [1.165, 1.54) is 12.1 Å². The zero-order valence-corrected chi connectivity index (χ0v) is 15.2. The molecule has 0 aliphatic heterocycles. The highest BCUT2D eigenvalue weighted by Crippen LogP contribution is 2.34. The molecule has 0 unspecified atom stereocenters. The van der Waals surface area contributed by atoms with E-state index in [9.17, 15) is 0 Å². The van der Waals surface area contributed by atoms with E-state index in [1.807, 2.05) is 24.3 Å². The molecule has 8 heteroatoms. The van der Waals surface area contributed by atoms with Gasteiger partial charge in [0.2, 0.25) is 5.89 Å². The minimum atomic E-state index is 0.0646. The molecule has 0 aliphatic rings. The Bertz CT molecular complexity index is 854. The highest BCUT2D eigenvalue weighted by atomic mass is 79.9. The lowest BCUT2D eigenvalue weighted by Crippen LogP contribution is -1.96. The Hall–Kier alpha value is -1.27. The first-order valence-electron chi connectivity index (χ1n) is 6.39. The largest absolute Gasteiger partial charge is 0.482 e. The van der Waals surface area contributed by atoms with Crippen LogP contribution in [-0.4, -0.2) is 10.2 Å². The van der Waals surface area contributed by atoms with Gasteiger partial charge in [0.1, 0.15) is 5.75 Å². The van der Waals surface area contributed by atoms with Crippen molar-refractivity contribution in [2.75, 3.05) is 0 Å². The number of halogens is 4. The van der Waals surface area contributed by atoms with E-state index in [4.69, 9.17) is 44.0 Å². The smallest absolute Gasteiger partial charge is 0.254 e. The highest BCUT2D eigenvalue weighted by Gasteiger charge is 2.13. The van der Waals surface area contributed by atoms with Crippen molar-refractivity contribution in [3.8, 4) is 17.2 Å². The summed E-state index contributed by atoms with van der Waals surface area (Å²) in [6.45, 7) is 0.0646. The molecule has 4 nitrogen and oxygen atoms in total. The van der Waals surface area contributed by atoms with Gasteiger partial charge in [-0.2, -0.15) is 0 Å². The Balaban J connectivity index is 1.76. The quantitative estimate of drug-likeness (QED) is 0.470. The van der Waals surface area contributed by atoms with Gasteiger partial charge in [-0.05, 0) is 34.1 Å². The van der Waals surface area contributed by atoms with Crippen molar-refractivity contribution in [3.63, 3.8) is 0 Å². The summed E-state index contributed by atoms with van der Waals surface area (Å²) in [6, 6.07) is 10.6. The Morgan fingerprint density at radius 2 is 1.74 bits per heavy atom. The van der Waals surface area contributed by atoms with Gasteiger partial charge in [0.05, 0.1) is 20.6 Å². The molecular formula is C15H8BrCl3N2O2. The Kier molecular flexibility index (Phi) is 5.11. The van der Waals surface area contributed by atoms with E-state index >= 15 is 0 Å². The minimum absolute atomic E-state index is 0.0646. The van der Waals surface area contributed by atoms with E-state index in [0.29, 0.717) is 32.6 Å². The van der Waals surface area contributed by atoms with Gasteiger partial charge in [-0.1, -0.05) is 46.9 Å². The second kappa shape index (κ2) is 7.09. The average Bonchev–Trinajstić information content (AvgIpc) is 2.99. The van der Waals surface area contributed by atoms with Crippen molar-refractivity contribution in [1.29, 1.82) is 0 Å². The van der Waals surface area contributed by atoms with E-state index < -0.39 is 0 Å². The molecule has 3 aromatic rings. The van der Waals surface area contributed by atoms with E-state index in [0.717, 1.165) is 10.0 Å². The summed E-state index contributed by atoms with van der Waals surface area (Å²) >= 11 is 21.3. The fraction of sp³-hybridized carbons (Fsp3) is 0.0667. The predicted octanol–water partition coefficient (Wildman–Crippen LogP) is 6.04. The molecule has 118 valence electrons. The molecule has 0 spiro atoms. The lowest BCUT2D eigenvalue weighted by molar-refractivity contribution is 0.264. The maximum atomic E-state index is 6.05. The van der Waals surface area contributed by atoms with Gasteiger partial charge in [-0.15, -0.1) is 10.2 Å². The monoisotopic (exact) mass is 432 g/mol. The molecule has 1 aromatic heterocycles. The third kappa shape index (κ3) is 3.80. The maximum Gasteiger partial charge on any atom is 0.254 e. The fourth-order valence-electron chi connectivity index (χ4n) is 1.81. The van der Waals surface area contributed by atoms with Crippen molar-refractivity contribution in [3.05, 3.63) is 61.8 Å². The number of rotatable bonds is 4.